The molecule has 1 aromatic carbocycles. The average Bonchev–Trinajstić information content (AvgIpc) is 2.86. The van der Waals surface area contributed by atoms with Gasteiger partial charge in [-0.2, -0.15) is 5.26 Å². The average molecular weight is 293 g/mol. The van der Waals surface area contributed by atoms with Gasteiger partial charge in [-0.05, 0) is 18.2 Å². The minimum absolute atomic E-state index is 0.105. The van der Waals surface area contributed by atoms with Crippen LogP contribution in [0.3, 0.4) is 0 Å². The molecular formula is C15H11N5O2. The van der Waals surface area contributed by atoms with E-state index in [-0.39, 0.29) is 11.4 Å². The van der Waals surface area contributed by atoms with Gasteiger partial charge in [0.2, 0.25) is 0 Å². The minimum atomic E-state index is -0.904. The molecule has 0 saturated carbocycles. The largest absolute Gasteiger partial charge is 0.330 e. The first kappa shape index (κ1) is 13.7. The van der Waals surface area contributed by atoms with Gasteiger partial charge in [-0.3, -0.25) is 15.1 Å². The maximum absolute atomic E-state index is 11.2. The molecule has 2 aromatic heterocycles. The number of nitrogens with zero attached hydrogens (tertiary/aromatic N) is 5. The highest BCUT2D eigenvalue weighted by atomic mass is 16.6. The third-order valence-corrected chi connectivity index (χ3v) is 3.50. The summed E-state index contributed by atoms with van der Waals surface area (Å²) in [5, 5.41) is 20.7. The third-order valence-electron chi connectivity index (χ3n) is 3.50. The molecule has 0 spiro atoms. The first-order valence-electron chi connectivity index (χ1n) is 6.53. The summed E-state index contributed by atoms with van der Waals surface area (Å²) in [5.41, 5.74) is 1.52. The van der Waals surface area contributed by atoms with Crippen molar-refractivity contribution >= 4 is 16.7 Å². The zero-order valence-corrected chi connectivity index (χ0v) is 11.7. The number of pyridine rings is 1. The maximum Gasteiger partial charge on any atom is 0.292 e. The topological polar surface area (TPSA) is 97.6 Å². The van der Waals surface area contributed by atoms with Crippen LogP contribution in [0, 0.1) is 21.4 Å². The molecule has 7 heteroatoms. The number of aryl methyl sites for hydroxylation is 1. The van der Waals surface area contributed by atoms with E-state index in [0.717, 1.165) is 11.0 Å². The van der Waals surface area contributed by atoms with E-state index in [4.69, 9.17) is 0 Å². The summed E-state index contributed by atoms with van der Waals surface area (Å²) in [6, 6.07) is 12.3. The molecule has 108 valence electrons. The molecule has 1 atom stereocenters. The van der Waals surface area contributed by atoms with E-state index in [2.05, 4.69) is 16.0 Å². The number of rotatable bonds is 3. The number of aromatic nitrogens is 3. The maximum atomic E-state index is 11.2. The molecule has 0 aliphatic heterocycles. The lowest BCUT2D eigenvalue weighted by Crippen LogP contribution is -2.10. The Morgan fingerprint density at radius 2 is 2.09 bits per heavy atom. The molecule has 0 fully saturated rings. The second-order valence-electron chi connectivity index (χ2n) is 4.74. The van der Waals surface area contributed by atoms with Gasteiger partial charge in [0, 0.05) is 19.3 Å². The third kappa shape index (κ3) is 2.07. The summed E-state index contributed by atoms with van der Waals surface area (Å²) >= 11 is 0. The van der Waals surface area contributed by atoms with Gasteiger partial charge in [-0.25, -0.2) is 4.98 Å². The Balaban J connectivity index is 2.22. The Labute approximate surface area is 125 Å². The van der Waals surface area contributed by atoms with Gasteiger partial charge in [-0.15, -0.1) is 0 Å². The molecule has 0 aliphatic rings. The molecule has 0 saturated heterocycles. The molecule has 2 heterocycles. The molecule has 0 unspecified atom stereocenters. The molecule has 3 aromatic rings. The molecule has 22 heavy (non-hydrogen) atoms. The zero-order chi connectivity index (χ0) is 15.7. The Morgan fingerprint density at radius 3 is 2.77 bits per heavy atom. The quantitative estimate of drug-likeness (QED) is 0.546. The van der Waals surface area contributed by atoms with Gasteiger partial charge in [0.25, 0.3) is 5.69 Å². The molecule has 0 radical (unpaired) electrons. The normalized spacial score (nSPS) is 12.0. The predicted molar refractivity (Wildman–Crippen MR) is 79.1 cm³/mol. The second kappa shape index (κ2) is 5.26. The minimum Gasteiger partial charge on any atom is -0.330 e. The Bertz CT molecular complexity index is 910. The molecule has 7 nitrogen and oxygen atoms in total. The van der Waals surface area contributed by atoms with Crippen molar-refractivity contribution in [2.24, 2.45) is 7.05 Å². The molecule has 0 amide bonds. The van der Waals surface area contributed by atoms with Crippen LogP contribution in [0.1, 0.15) is 17.4 Å². The van der Waals surface area contributed by atoms with Gasteiger partial charge in [0.15, 0.2) is 5.92 Å². The fraction of sp³-hybridized carbons (Fsp3) is 0.133. The highest BCUT2D eigenvalue weighted by Gasteiger charge is 2.28. The zero-order valence-electron chi connectivity index (χ0n) is 11.7. The fourth-order valence-corrected chi connectivity index (χ4v) is 2.45. The van der Waals surface area contributed by atoms with E-state index in [1.54, 1.807) is 11.6 Å². The summed E-state index contributed by atoms with van der Waals surface area (Å²) < 4.78 is 1.77. The van der Waals surface area contributed by atoms with Crippen LogP contribution in [-0.4, -0.2) is 19.5 Å². The van der Waals surface area contributed by atoms with Crippen molar-refractivity contribution in [3.8, 4) is 6.07 Å². The molecule has 3 rings (SSSR count). The summed E-state index contributed by atoms with van der Waals surface area (Å²) in [6.07, 6.45) is 1.44. The van der Waals surface area contributed by atoms with E-state index in [1.165, 1.54) is 18.3 Å². The number of nitriles is 1. The van der Waals surface area contributed by atoms with Gasteiger partial charge >= 0.3 is 0 Å². The Morgan fingerprint density at radius 1 is 1.32 bits per heavy atom. The van der Waals surface area contributed by atoms with Crippen LogP contribution in [0.15, 0.2) is 42.6 Å². The van der Waals surface area contributed by atoms with E-state index in [1.807, 2.05) is 24.3 Å². The number of hydrogen-bond donors (Lipinski definition) is 0. The number of benzene rings is 1. The van der Waals surface area contributed by atoms with E-state index in [9.17, 15) is 15.4 Å². The van der Waals surface area contributed by atoms with Crippen LogP contribution < -0.4 is 0 Å². The number of fused-ring (bicyclic) bond motifs is 1. The van der Waals surface area contributed by atoms with Crippen molar-refractivity contribution in [3.05, 3.63) is 64.2 Å². The van der Waals surface area contributed by atoms with Crippen LogP contribution in [0.2, 0.25) is 0 Å². The molecule has 0 aliphatic carbocycles. The van der Waals surface area contributed by atoms with Crippen molar-refractivity contribution in [3.63, 3.8) is 0 Å². The summed E-state index contributed by atoms with van der Waals surface area (Å²) in [5.74, 6) is -0.468. The van der Waals surface area contributed by atoms with Crippen molar-refractivity contribution in [2.75, 3.05) is 0 Å². The monoisotopic (exact) mass is 293 g/mol. The Kier molecular flexibility index (Phi) is 3.27. The molecule has 0 bridgehead atoms. The van der Waals surface area contributed by atoms with Gasteiger partial charge in [-0.1, -0.05) is 12.1 Å². The van der Waals surface area contributed by atoms with E-state index >= 15 is 0 Å². The van der Waals surface area contributed by atoms with Crippen LogP contribution >= 0.6 is 0 Å². The SMILES string of the molecule is Cn1c([C@H](C#N)c2ncccc2[N+](=O)[O-])nc2ccccc21. The van der Waals surface area contributed by atoms with E-state index < -0.39 is 10.8 Å². The summed E-state index contributed by atoms with van der Waals surface area (Å²) in [6.45, 7) is 0. The number of imidazole rings is 1. The van der Waals surface area contributed by atoms with Crippen LogP contribution in [0.5, 0.6) is 0 Å². The standard InChI is InChI=1S/C15H11N5O2/c1-19-12-6-3-2-5-11(12)18-15(19)10(9-16)14-13(20(21)22)7-4-8-17-14/h2-8,10H,1H3/t10-/m1/s1. The summed E-state index contributed by atoms with van der Waals surface area (Å²) in [4.78, 5) is 19.1. The highest BCUT2D eigenvalue weighted by Crippen LogP contribution is 2.30. The molecular weight excluding hydrogens is 282 g/mol. The fourth-order valence-electron chi connectivity index (χ4n) is 2.45. The van der Waals surface area contributed by atoms with Crippen LogP contribution in [0.4, 0.5) is 5.69 Å². The lowest BCUT2D eigenvalue weighted by Gasteiger charge is -2.09. The highest BCUT2D eigenvalue weighted by molar-refractivity contribution is 5.76. The lowest BCUT2D eigenvalue weighted by atomic mass is 10.0. The first-order chi connectivity index (χ1) is 10.6. The number of para-hydroxylation sites is 2. The number of hydrogen-bond acceptors (Lipinski definition) is 5. The first-order valence-corrected chi connectivity index (χ1v) is 6.53. The van der Waals surface area contributed by atoms with Crippen molar-refractivity contribution < 1.29 is 4.92 Å². The summed E-state index contributed by atoms with van der Waals surface area (Å²) in [7, 11) is 1.78. The van der Waals surface area contributed by atoms with Gasteiger partial charge in [0.1, 0.15) is 11.5 Å². The van der Waals surface area contributed by atoms with Gasteiger partial charge in [0.05, 0.1) is 22.0 Å². The second-order valence-corrected chi connectivity index (χ2v) is 4.74. The van der Waals surface area contributed by atoms with Crippen LogP contribution in [0.25, 0.3) is 11.0 Å². The van der Waals surface area contributed by atoms with Crippen LogP contribution in [-0.2, 0) is 7.05 Å². The predicted octanol–water partition coefficient (Wildman–Crippen LogP) is 2.53. The smallest absolute Gasteiger partial charge is 0.292 e. The Hall–Kier alpha value is -3.27. The van der Waals surface area contributed by atoms with Crippen molar-refractivity contribution in [2.45, 2.75) is 5.92 Å². The van der Waals surface area contributed by atoms with Crippen molar-refractivity contribution in [1.29, 1.82) is 5.26 Å². The number of nitro groups is 1. The van der Waals surface area contributed by atoms with E-state index in [0.29, 0.717) is 5.82 Å². The molecule has 0 N–H and O–H groups in total. The lowest BCUT2D eigenvalue weighted by molar-refractivity contribution is -0.386. The van der Waals surface area contributed by atoms with Gasteiger partial charge < -0.3 is 4.57 Å². The van der Waals surface area contributed by atoms with Crippen molar-refractivity contribution in [1.82, 2.24) is 14.5 Å².